The van der Waals surface area contributed by atoms with Gasteiger partial charge < -0.3 is 5.32 Å². The molecule has 144 valence electrons. The molecule has 3 aromatic rings. The van der Waals surface area contributed by atoms with Gasteiger partial charge in [-0.3, -0.25) is 4.79 Å². The maximum Gasteiger partial charge on any atom is 0.228 e. The molecule has 2 N–H and O–H groups in total. The molecule has 0 aliphatic rings. The van der Waals surface area contributed by atoms with Crippen molar-refractivity contribution < 1.29 is 13.2 Å². The first-order chi connectivity index (χ1) is 13.4. The third-order valence-corrected chi connectivity index (χ3v) is 4.85. The number of benzene rings is 3. The van der Waals surface area contributed by atoms with E-state index in [1.165, 1.54) is 0 Å². The number of carbonyl (C=O) groups excluding carboxylic acids is 1. The summed E-state index contributed by atoms with van der Waals surface area (Å²) in [5.41, 5.74) is 4.54. The van der Waals surface area contributed by atoms with Gasteiger partial charge in [-0.1, -0.05) is 66.7 Å². The van der Waals surface area contributed by atoms with E-state index in [9.17, 15) is 13.2 Å². The van der Waals surface area contributed by atoms with Crippen molar-refractivity contribution in [3.8, 4) is 11.1 Å². The third-order valence-electron chi connectivity index (χ3n) is 4.18. The highest BCUT2D eigenvalue weighted by Crippen LogP contribution is 2.23. The molecule has 0 unspecified atom stereocenters. The lowest BCUT2D eigenvalue weighted by Gasteiger charge is -2.09. The first-order valence-corrected chi connectivity index (χ1v) is 10.8. The molecule has 0 saturated heterocycles. The van der Waals surface area contributed by atoms with Gasteiger partial charge in [0, 0.05) is 12.2 Å². The summed E-state index contributed by atoms with van der Waals surface area (Å²) in [5, 5.41) is 2.93. The second-order valence-electron chi connectivity index (χ2n) is 6.58. The summed E-state index contributed by atoms with van der Waals surface area (Å²) in [6.45, 7) is 0.259. The van der Waals surface area contributed by atoms with E-state index in [1.54, 1.807) is 0 Å². The Morgan fingerprint density at radius 1 is 0.821 bits per heavy atom. The first kappa shape index (κ1) is 19.8. The Balaban J connectivity index is 1.66. The summed E-state index contributed by atoms with van der Waals surface area (Å²) in [6.07, 6.45) is 1.46. The van der Waals surface area contributed by atoms with Crippen LogP contribution < -0.4 is 10.0 Å². The summed E-state index contributed by atoms with van der Waals surface area (Å²) in [7, 11) is -3.21. The summed E-state index contributed by atoms with van der Waals surface area (Å²) in [5.74, 6) is -0.0643. The molecule has 0 radical (unpaired) electrons. The summed E-state index contributed by atoms with van der Waals surface area (Å²) >= 11 is 0. The molecule has 0 aliphatic heterocycles. The summed E-state index contributed by atoms with van der Waals surface area (Å²) in [6, 6.07) is 24.9. The molecule has 0 bridgehead atoms. The van der Waals surface area contributed by atoms with Gasteiger partial charge in [0.1, 0.15) is 0 Å². The van der Waals surface area contributed by atoms with Crippen molar-refractivity contribution in [2.75, 3.05) is 11.6 Å². The molecule has 3 rings (SSSR count). The van der Waals surface area contributed by atoms with Gasteiger partial charge in [0.25, 0.3) is 0 Å². The molecule has 0 aromatic heterocycles. The summed E-state index contributed by atoms with van der Waals surface area (Å²) in [4.78, 5) is 12.3. The van der Waals surface area contributed by atoms with Gasteiger partial charge in [0.2, 0.25) is 15.9 Å². The van der Waals surface area contributed by atoms with Crippen molar-refractivity contribution in [1.82, 2.24) is 4.72 Å². The van der Waals surface area contributed by atoms with Crippen molar-refractivity contribution in [3.05, 3.63) is 90.0 Å². The largest absolute Gasteiger partial charge is 0.326 e. The van der Waals surface area contributed by atoms with E-state index in [4.69, 9.17) is 0 Å². The van der Waals surface area contributed by atoms with Crippen LogP contribution in [-0.2, 0) is 27.8 Å². The van der Waals surface area contributed by atoms with E-state index in [0.29, 0.717) is 6.42 Å². The molecule has 0 atom stereocenters. The van der Waals surface area contributed by atoms with E-state index >= 15 is 0 Å². The second kappa shape index (κ2) is 8.82. The third kappa shape index (κ3) is 6.04. The quantitative estimate of drug-likeness (QED) is 0.643. The lowest BCUT2D eigenvalue weighted by molar-refractivity contribution is -0.115. The topological polar surface area (TPSA) is 75.3 Å². The minimum absolute atomic E-state index is 0.0643. The number of nitrogens with one attached hydrogen (secondary N) is 2. The maximum absolute atomic E-state index is 12.3. The Morgan fingerprint density at radius 3 is 2.21 bits per heavy atom. The van der Waals surface area contributed by atoms with E-state index in [2.05, 4.69) is 10.0 Å². The minimum atomic E-state index is -3.21. The average molecular weight is 394 g/mol. The number of anilines is 1. The predicted molar refractivity (Wildman–Crippen MR) is 112 cm³/mol. The van der Waals surface area contributed by atoms with Crippen LogP contribution in [0, 0.1) is 0 Å². The van der Waals surface area contributed by atoms with Gasteiger partial charge in [0.15, 0.2) is 0 Å². The molecule has 6 heteroatoms. The standard InChI is InChI=1S/C22H22N2O3S/c1-28(26,27)23-16-18-10-12-19(13-11-18)20-8-5-9-21(15-20)24-22(25)14-17-6-3-2-4-7-17/h2-13,15,23H,14,16H2,1H3,(H,24,25). The Hall–Kier alpha value is -2.96. The van der Waals surface area contributed by atoms with Gasteiger partial charge in [-0.2, -0.15) is 0 Å². The molecular weight excluding hydrogens is 372 g/mol. The zero-order valence-electron chi connectivity index (χ0n) is 15.6. The second-order valence-corrected chi connectivity index (χ2v) is 8.41. The number of carbonyl (C=O) groups is 1. The van der Waals surface area contributed by atoms with Crippen molar-refractivity contribution in [1.29, 1.82) is 0 Å². The van der Waals surface area contributed by atoms with Crippen LogP contribution in [0.4, 0.5) is 5.69 Å². The van der Waals surface area contributed by atoms with Gasteiger partial charge in [-0.15, -0.1) is 0 Å². The Labute approximate surface area is 165 Å². The molecule has 5 nitrogen and oxygen atoms in total. The van der Waals surface area contributed by atoms with Gasteiger partial charge in [0.05, 0.1) is 12.7 Å². The molecule has 28 heavy (non-hydrogen) atoms. The fourth-order valence-corrected chi connectivity index (χ4v) is 3.22. The number of amides is 1. The molecule has 1 amide bonds. The SMILES string of the molecule is CS(=O)(=O)NCc1ccc(-c2cccc(NC(=O)Cc3ccccc3)c2)cc1. The van der Waals surface area contributed by atoms with Crippen molar-refractivity contribution in [2.24, 2.45) is 0 Å². The fraction of sp³-hybridized carbons (Fsp3) is 0.136. The number of hydrogen-bond acceptors (Lipinski definition) is 3. The lowest BCUT2D eigenvalue weighted by Crippen LogP contribution is -2.21. The van der Waals surface area contributed by atoms with Gasteiger partial charge in [-0.25, -0.2) is 13.1 Å². The normalized spacial score (nSPS) is 11.2. The monoisotopic (exact) mass is 394 g/mol. The predicted octanol–water partition coefficient (Wildman–Crippen LogP) is 3.58. The molecule has 0 saturated carbocycles. The van der Waals surface area contributed by atoms with Crippen LogP contribution in [0.5, 0.6) is 0 Å². The highest BCUT2D eigenvalue weighted by Gasteiger charge is 2.06. The van der Waals surface area contributed by atoms with E-state index in [-0.39, 0.29) is 12.5 Å². The van der Waals surface area contributed by atoms with Crippen LogP contribution in [0.15, 0.2) is 78.9 Å². The number of sulfonamides is 1. The molecule has 3 aromatic carbocycles. The maximum atomic E-state index is 12.3. The molecule has 0 fully saturated rings. The molecule has 0 heterocycles. The Morgan fingerprint density at radius 2 is 1.54 bits per heavy atom. The highest BCUT2D eigenvalue weighted by molar-refractivity contribution is 7.88. The van der Waals surface area contributed by atoms with Crippen molar-refractivity contribution >= 4 is 21.6 Å². The van der Waals surface area contributed by atoms with Crippen molar-refractivity contribution in [3.63, 3.8) is 0 Å². The highest BCUT2D eigenvalue weighted by atomic mass is 32.2. The van der Waals surface area contributed by atoms with Crippen LogP contribution in [0.2, 0.25) is 0 Å². The van der Waals surface area contributed by atoms with E-state index in [0.717, 1.165) is 34.2 Å². The smallest absolute Gasteiger partial charge is 0.228 e. The first-order valence-electron chi connectivity index (χ1n) is 8.87. The Kier molecular flexibility index (Phi) is 6.23. The van der Waals surface area contributed by atoms with Crippen molar-refractivity contribution in [2.45, 2.75) is 13.0 Å². The number of rotatable bonds is 7. The van der Waals surface area contributed by atoms with Crippen LogP contribution in [0.3, 0.4) is 0 Å². The van der Waals surface area contributed by atoms with Crippen LogP contribution in [-0.4, -0.2) is 20.6 Å². The average Bonchev–Trinajstić information content (AvgIpc) is 2.67. The molecule has 0 aliphatic carbocycles. The van der Waals surface area contributed by atoms with Crippen LogP contribution in [0.25, 0.3) is 11.1 Å². The minimum Gasteiger partial charge on any atom is -0.326 e. The Bertz CT molecular complexity index is 1050. The zero-order valence-corrected chi connectivity index (χ0v) is 16.4. The van der Waals surface area contributed by atoms with E-state index < -0.39 is 10.0 Å². The summed E-state index contributed by atoms with van der Waals surface area (Å²) < 4.78 is 24.8. The lowest BCUT2D eigenvalue weighted by atomic mass is 10.0. The van der Waals surface area contributed by atoms with Crippen LogP contribution in [0.1, 0.15) is 11.1 Å². The number of hydrogen-bond donors (Lipinski definition) is 2. The molecule has 0 spiro atoms. The molecular formula is C22H22N2O3S. The van der Waals surface area contributed by atoms with Gasteiger partial charge in [-0.05, 0) is 34.4 Å². The van der Waals surface area contributed by atoms with Crippen LogP contribution >= 0.6 is 0 Å². The fourth-order valence-electron chi connectivity index (χ4n) is 2.79. The van der Waals surface area contributed by atoms with Gasteiger partial charge >= 0.3 is 0 Å². The zero-order chi connectivity index (χ0) is 20.0. The van der Waals surface area contributed by atoms with E-state index in [1.807, 2.05) is 78.9 Å².